The molecule has 20 heavy (non-hydrogen) atoms. The van der Waals surface area contributed by atoms with Crippen molar-refractivity contribution >= 4 is 0 Å². The average molecular weight is 283 g/mol. The number of ether oxygens (including phenoxy) is 1. The largest absolute Gasteiger partial charge is 0.374 e. The molecule has 1 nitrogen and oxygen atoms in total. The smallest absolute Gasteiger partial charge is 0.0753 e. The molecule has 0 aromatic heterocycles. The highest BCUT2D eigenvalue weighted by atomic mass is 16.5. The lowest BCUT2D eigenvalue weighted by molar-refractivity contribution is 0.0756. The Morgan fingerprint density at radius 2 is 1.25 bits per heavy atom. The zero-order chi connectivity index (χ0) is 14.9. The van der Waals surface area contributed by atoms with E-state index in [0.29, 0.717) is 0 Å². The summed E-state index contributed by atoms with van der Waals surface area (Å²) in [6.45, 7) is 9.26. The van der Waals surface area contributed by atoms with E-state index < -0.39 is 0 Å². The van der Waals surface area contributed by atoms with Gasteiger partial charge in [-0.1, -0.05) is 90.6 Å². The fraction of sp³-hybridized carbons (Fsp3) is 0.895. The van der Waals surface area contributed by atoms with Crippen molar-refractivity contribution in [3.8, 4) is 0 Å². The molecular weight excluding hydrogens is 244 g/mol. The highest BCUT2D eigenvalue weighted by Crippen LogP contribution is 2.13. The van der Waals surface area contributed by atoms with Gasteiger partial charge >= 0.3 is 0 Å². The molecule has 120 valence electrons. The highest BCUT2D eigenvalue weighted by Gasteiger charge is 2.03. The summed E-state index contributed by atoms with van der Waals surface area (Å²) in [5.41, 5.74) is 0. The van der Waals surface area contributed by atoms with Gasteiger partial charge in [0.2, 0.25) is 0 Å². The first-order chi connectivity index (χ1) is 9.85. The molecule has 0 saturated heterocycles. The minimum Gasteiger partial charge on any atom is -0.374 e. The van der Waals surface area contributed by atoms with Crippen LogP contribution in [0.15, 0.2) is 12.7 Å². The van der Waals surface area contributed by atoms with Gasteiger partial charge in [0.25, 0.3) is 0 Å². The van der Waals surface area contributed by atoms with Crippen molar-refractivity contribution in [3.63, 3.8) is 0 Å². The van der Waals surface area contributed by atoms with Gasteiger partial charge in [-0.15, -0.1) is 6.58 Å². The number of rotatable bonds is 16. The molecule has 0 bridgehead atoms. The van der Waals surface area contributed by atoms with E-state index in [1.54, 1.807) is 0 Å². The summed E-state index contributed by atoms with van der Waals surface area (Å²) in [6.07, 6.45) is 19.8. The van der Waals surface area contributed by atoms with E-state index in [4.69, 9.17) is 4.74 Å². The molecule has 0 saturated carbocycles. The monoisotopic (exact) mass is 282 g/mol. The third kappa shape index (κ3) is 14.1. The fourth-order valence-electron chi connectivity index (χ4n) is 2.48. The molecule has 0 aromatic carbocycles. The van der Waals surface area contributed by atoms with E-state index >= 15 is 0 Å². The van der Waals surface area contributed by atoms with Crippen LogP contribution in [0, 0.1) is 0 Å². The van der Waals surface area contributed by atoms with Gasteiger partial charge in [-0.05, 0) is 12.8 Å². The Kier molecular flexibility index (Phi) is 16.5. The first kappa shape index (κ1) is 19.7. The molecule has 0 aliphatic carbocycles. The quantitative estimate of drug-likeness (QED) is 0.227. The van der Waals surface area contributed by atoms with Crippen LogP contribution in [0.5, 0.6) is 0 Å². The lowest BCUT2D eigenvalue weighted by Crippen LogP contribution is -2.10. The maximum absolute atomic E-state index is 5.80. The second-order valence-electron chi connectivity index (χ2n) is 5.97. The van der Waals surface area contributed by atoms with Crippen LogP contribution in [0.25, 0.3) is 0 Å². The van der Waals surface area contributed by atoms with Gasteiger partial charge < -0.3 is 4.74 Å². The minimum atomic E-state index is 0.288. The van der Waals surface area contributed by atoms with E-state index in [1.165, 1.54) is 77.0 Å². The van der Waals surface area contributed by atoms with E-state index in [-0.39, 0.29) is 6.10 Å². The molecule has 1 heteroatoms. The first-order valence-corrected chi connectivity index (χ1v) is 9.09. The van der Waals surface area contributed by atoms with E-state index in [1.807, 2.05) is 6.08 Å². The SMILES string of the molecule is C=CC(CCCCCCCCCCCC)OCCCC. The van der Waals surface area contributed by atoms with Crippen molar-refractivity contribution in [1.82, 2.24) is 0 Å². The molecular formula is C19H38O. The lowest BCUT2D eigenvalue weighted by atomic mass is 10.0. The van der Waals surface area contributed by atoms with Crippen molar-refractivity contribution in [2.24, 2.45) is 0 Å². The van der Waals surface area contributed by atoms with Crippen LogP contribution >= 0.6 is 0 Å². The summed E-state index contributed by atoms with van der Waals surface area (Å²) in [5.74, 6) is 0. The molecule has 1 unspecified atom stereocenters. The molecule has 0 aliphatic rings. The van der Waals surface area contributed by atoms with Crippen molar-refractivity contribution in [3.05, 3.63) is 12.7 Å². The van der Waals surface area contributed by atoms with Gasteiger partial charge in [0.15, 0.2) is 0 Å². The van der Waals surface area contributed by atoms with Gasteiger partial charge in [0.05, 0.1) is 6.10 Å². The predicted octanol–water partition coefficient (Wildman–Crippen LogP) is 6.67. The van der Waals surface area contributed by atoms with Crippen LogP contribution in [0.1, 0.15) is 97.3 Å². The second-order valence-corrected chi connectivity index (χ2v) is 5.97. The minimum absolute atomic E-state index is 0.288. The molecule has 0 spiro atoms. The van der Waals surface area contributed by atoms with Crippen molar-refractivity contribution < 1.29 is 4.74 Å². The summed E-state index contributed by atoms with van der Waals surface area (Å²) in [6, 6.07) is 0. The Balaban J connectivity index is 3.22. The van der Waals surface area contributed by atoms with E-state index in [0.717, 1.165) is 13.0 Å². The highest BCUT2D eigenvalue weighted by molar-refractivity contribution is 4.79. The molecule has 0 heterocycles. The molecule has 0 aliphatic heterocycles. The summed E-state index contributed by atoms with van der Waals surface area (Å²) in [4.78, 5) is 0. The summed E-state index contributed by atoms with van der Waals surface area (Å²) >= 11 is 0. The number of hydrogen-bond acceptors (Lipinski definition) is 1. The summed E-state index contributed by atoms with van der Waals surface area (Å²) in [7, 11) is 0. The van der Waals surface area contributed by atoms with Crippen LogP contribution in [0.3, 0.4) is 0 Å². The normalized spacial score (nSPS) is 12.5. The standard InChI is InChI=1S/C19H38O/c1-4-7-9-10-11-12-13-14-15-16-17-19(6-3)20-18-8-5-2/h6,19H,3-5,7-18H2,1-2H3. The Morgan fingerprint density at radius 3 is 1.75 bits per heavy atom. The van der Waals surface area contributed by atoms with E-state index in [2.05, 4.69) is 20.4 Å². The predicted molar refractivity (Wildman–Crippen MR) is 91.3 cm³/mol. The maximum atomic E-state index is 5.80. The van der Waals surface area contributed by atoms with E-state index in [9.17, 15) is 0 Å². The van der Waals surface area contributed by atoms with Crippen molar-refractivity contribution in [2.75, 3.05) is 6.61 Å². The van der Waals surface area contributed by atoms with Crippen molar-refractivity contribution in [2.45, 2.75) is 103 Å². The summed E-state index contributed by atoms with van der Waals surface area (Å²) < 4.78 is 5.80. The molecule has 0 fully saturated rings. The Morgan fingerprint density at radius 1 is 0.750 bits per heavy atom. The molecule has 0 amide bonds. The van der Waals surface area contributed by atoms with Crippen LogP contribution in [0.4, 0.5) is 0 Å². The zero-order valence-electron chi connectivity index (χ0n) is 14.2. The molecule has 0 N–H and O–H groups in total. The molecule has 0 aromatic rings. The molecule has 0 radical (unpaired) electrons. The third-order valence-electron chi connectivity index (χ3n) is 3.93. The molecule has 1 atom stereocenters. The Labute approximate surface area is 128 Å². The van der Waals surface area contributed by atoms with Gasteiger partial charge in [-0.2, -0.15) is 0 Å². The second kappa shape index (κ2) is 16.8. The average Bonchev–Trinajstić information content (AvgIpc) is 2.47. The maximum Gasteiger partial charge on any atom is 0.0753 e. The Bertz CT molecular complexity index is 188. The first-order valence-electron chi connectivity index (χ1n) is 9.09. The number of unbranched alkanes of at least 4 members (excludes halogenated alkanes) is 10. The van der Waals surface area contributed by atoms with Gasteiger partial charge in [-0.3, -0.25) is 0 Å². The van der Waals surface area contributed by atoms with Crippen LogP contribution < -0.4 is 0 Å². The number of hydrogen-bond donors (Lipinski definition) is 0. The zero-order valence-corrected chi connectivity index (χ0v) is 14.2. The van der Waals surface area contributed by atoms with Crippen LogP contribution in [-0.4, -0.2) is 12.7 Å². The van der Waals surface area contributed by atoms with Crippen molar-refractivity contribution in [1.29, 1.82) is 0 Å². The lowest BCUT2D eigenvalue weighted by Gasteiger charge is -2.13. The van der Waals surface area contributed by atoms with Gasteiger partial charge in [0, 0.05) is 6.61 Å². The molecule has 0 rings (SSSR count). The fourth-order valence-corrected chi connectivity index (χ4v) is 2.48. The summed E-state index contributed by atoms with van der Waals surface area (Å²) in [5, 5.41) is 0. The van der Waals surface area contributed by atoms with Gasteiger partial charge in [-0.25, -0.2) is 0 Å². The third-order valence-corrected chi connectivity index (χ3v) is 3.93. The van der Waals surface area contributed by atoms with Crippen LogP contribution in [-0.2, 0) is 4.74 Å². The topological polar surface area (TPSA) is 9.23 Å². The van der Waals surface area contributed by atoms with Gasteiger partial charge in [0.1, 0.15) is 0 Å². The Hall–Kier alpha value is -0.300. The van der Waals surface area contributed by atoms with Crippen LogP contribution in [0.2, 0.25) is 0 Å².